The summed E-state index contributed by atoms with van der Waals surface area (Å²) >= 11 is 0. The predicted octanol–water partition coefficient (Wildman–Crippen LogP) is -0.153. The van der Waals surface area contributed by atoms with Crippen molar-refractivity contribution in [1.29, 1.82) is 0 Å². The Labute approximate surface area is 93.5 Å². The van der Waals surface area contributed by atoms with E-state index in [2.05, 4.69) is 15.2 Å². The van der Waals surface area contributed by atoms with Crippen LogP contribution in [0.25, 0.3) is 0 Å². The number of esters is 1. The minimum atomic E-state index is -0.509. The predicted molar refractivity (Wildman–Crippen MR) is 59.3 cm³/mol. The number of anilines is 2. The average Bonchev–Trinajstić information content (AvgIpc) is 2.55. The first-order valence-corrected chi connectivity index (χ1v) is 4.75. The number of nitrogens with zero attached hydrogens (tertiary/aromatic N) is 2. The first-order valence-electron chi connectivity index (χ1n) is 4.75. The summed E-state index contributed by atoms with van der Waals surface area (Å²) < 4.78 is 10.9. The molecule has 0 aliphatic carbocycles. The van der Waals surface area contributed by atoms with E-state index in [4.69, 9.17) is 10.5 Å². The van der Waals surface area contributed by atoms with Gasteiger partial charge in [-0.3, -0.25) is 4.68 Å². The number of ether oxygens (including phenoxy) is 2. The molecule has 7 heteroatoms. The number of hydrogen-bond donors (Lipinski definition) is 2. The van der Waals surface area contributed by atoms with Crippen molar-refractivity contribution in [2.45, 2.75) is 0 Å². The van der Waals surface area contributed by atoms with Gasteiger partial charge in [-0.25, -0.2) is 4.79 Å². The van der Waals surface area contributed by atoms with Crippen molar-refractivity contribution in [3.05, 3.63) is 5.56 Å². The summed E-state index contributed by atoms with van der Waals surface area (Å²) in [5.41, 5.74) is 5.96. The van der Waals surface area contributed by atoms with E-state index in [0.29, 0.717) is 19.0 Å². The van der Waals surface area contributed by atoms with Crippen molar-refractivity contribution in [1.82, 2.24) is 9.78 Å². The molecule has 1 aromatic heterocycles. The number of carbonyl (C=O) groups is 1. The number of rotatable bonds is 5. The van der Waals surface area contributed by atoms with Crippen LogP contribution in [0, 0.1) is 0 Å². The number of hydrogen-bond acceptors (Lipinski definition) is 6. The Balaban J connectivity index is 2.90. The SMILES string of the molecule is COCCNc1nn(C)c(N)c1C(=O)OC. The largest absolute Gasteiger partial charge is 0.465 e. The zero-order valence-corrected chi connectivity index (χ0v) is 9.61. The van der Waals surface area contributed by atoms with Crippen LogP contribution in [-0.2, 0) is 16.5 Å². The van der Waals surface area contributed by atoms with Crippen LogP contribution in [0.2, 0.25) is 0 Å². The van der Waals surface area contributed by atoms with Gasteiger partial charge in [0, 0.05) is 20.7 Å². The molecular formula is C9H16N4O3. The van der Waals surface area contributed by atoms with Crippen molar-refractivity contribution in [3.8, 4) is 0 Å². The Morgan fingerprint density at radius 2 is 2.25 bits per heavy atom. The Morgan fingerprint density at radius 1 is 1.56 bits per heavy atom. The number of methoxy groups -OCH3 is 2. The summed E-state index contributed by atoms with van der Waals surface area (Å²) in [5, 5.41) is 7.03. The van der Waals surface area contributed by atoms with Gasteiger partial charge in [0.15, 0.2) is 5.82 Å². The zero-order valence-electron chi connectivity index (χ0n) is 9.61. The van der Waals surface area contributed by atoms with Gasteiger partial charge in [0.2, 0.25) is 0 Å². The standard InChI is InChI=1S/C9H16N4O3/c1-13-7(10)6(9(14)16-3)8(12-13)11-4-5-15-2/h4-5,10H2,1-3H3,(H,11,12). The molecular weight excluding hydrogens is 212 g/mol. The van der Waals surface area contributed by atoms with E-state index >= 15 is 0 Å². The van der Waals surface area contributed by atoms with Crippen LogP contribution >= 0.6 is 0 Å². The Bertz CT molecular complexity index is 375. The van der Waals surface area contributed by atoms with Gasteiger partial charge in [0.1, 0.15) is 11.4 Å². The second-order valence-corrected chi connectivity index (χ2v) is 3.14. The lowest BCUT2D eigenvalue weighted by Gasteiger charge is -2.04. The minimum absolute atomic E-state index is 0.251. The smallest absolute Gasteiger partial charge is 0.345 e. The van der Waals surface area contributed by atoms with E-state index in [0.717, 1.165) is 0 Å². The Kier molecular flexibility index (Phi) is 4.12. The van der Waals surface area contributed by atoms with Crippen molar-refractivity contribution in [2.24, 2.45) is 7.05 Å². The molecule has 0 unspecified atom stereocenters. The van der Waals surface area contributed by atoms with E-state index in [1.54, 1.807) is 14.2 Å². The topological polar surface area (TPSA) is 91.4 Å². The normalized spacial score (nSPS) is 10.2. The molecule has 0 aliphatic heterocycles. The molecule has 0 saturated carbocycles. The fourth-order valence-electron chi connectivity index (χ4n) is 1.24. The van der Waals surface area contributed by atoms with Crippen LogP contribution in [0.5, 0.6) is 0 Å². The number of aromatic nitrogens is 2. The van der Waals surface area contributed by atoms with Crippen LogP contribution in [0.3, 0.4) is 0 Å². The molecule has 90 valence electrons. The molecule has 1 heterocycles. The molecule has 0 amide bonds. The molecule has 16 heavy (non-hydrogen) atoms. The molecule has 0 aliphatic rings. The Hall–Kier alpha value is -1.76. The molecule has 3 N–H and O–H groups in total. The lowest BCUT2D eigenvalue weighted by molar-refractivity contribution is 0.0603. The number of nitrogens with two attached hydrogens (primary N) is 1. The summed E-state index contributed by atoms with van der Waals surface area (Å²) in [6.07, 6.45) is 0. The summed E-state index contributed by atoms with van der Waals surface area (Å²) in [6.45, 7) is 1.05. The third kappa shape index (κ3) is 2.43. The first-order chi connectivity index (χ1) is 7.61. The number of nitrogens with one attached hydrogen (secondary N) is 1. The molecule has 1 aromatic rings. The average molecular weight is 228 g/mol. The van der Waals surface area contributed by atoms with Gasteiger partial charge in [-0.1, -0.05) is 0 Å². The fraction of sp³-hybridized carbons (Fsp3) is 0.556. The maximum Gasteiger partial charge on any atom is 0.345 e. The van der Waals surface area contributed by atoms with Gasteiger partial charge >= 0.3 is 5.97 Å². The quantitative estimate of drug-likeness (QED) is 0.538. The summed E-state index contributed by atoms with van der Waals surface area (Å²) in [4.78, 5) is 11.5. The summed E-state index contributed by atoms with van der Waals surface area (Å²) in [6, 6.07) is 0. The van der Waals surface area contributed by atoms with Crippen LogP contribution < -0.4 is 11.1 Å². The maximum absolute atomic E-state index is 11.5. The number of carbonyl (C=O) groups excluding carboxylic acids is 1. The van der Waals surface area contributed by atoms with E-state index in [9.17, 15) is 4.79 Å². The highest BCUT2D eigenvalue weighted by Gasteiger charge is 2.21. The fourth-order valence-corrected chi connectivity index (χ4v) is 1.24. The third-order valence-corrected chi connectivity index (χ3v) is 2.08. The molecule has 0 atom stereocenters. The van der Waals surface area contributed by atoms with Crippen LogP contribution in [0.1, 0.15) is 10.4 Å². The van der Waals surface area contributed by atoms with Crippen molar-refractivity contribution in [2.75, 3.05) is 38.4 Å². The second-order valence-electron chi connectivity index (χ2n) is 3.14. The molecule has 0 aromatic carbocycles. The van der Waals surface area contributed by atoms with Crippen LogP contribution in [0.4, 0.5) is 11.6 Å². The summed E-state index contributed by atoms with van der Waals surface area (Å²) in [5.74, 6) is 0.168. The third-order valence-electron chi connectivity index (χ3n) is 2.08. The second kappa shape index (κ2) is 5.36. The maximum atomic E-state index is 11.5. The highest BCUT2D eigenvalue weighted by molar-refractivity contribution is 5.99. The molecule has 0 spiro atoms. The molecule has 0 fully saturated rings. The highest BCUT2D eigenvalue weighted by Crippen LogP contribution is 2.21. The number of aryl methyl sites for hydroxylation is 1. The number of nitrogen functional groups attached to an aromatic ring is 1. The van der Waals surface area contributed by atoms with Crippen molar-refractivity contribution >= 4 is 17.6 Å². The van der Waals surface area contributed by atoms with Crippen LogP contribution in [-0.4, -0.2) is 43.1 Å². The Morgan fingerprint density at radius 3 is 2.81 bits per heavy atom. The van der Waals surface area contributed by atoms with Crippen LogP contribution in [0.15, 0.2) is 0 Å². The summed E-state index contributed by atoms with van der Waals surface area (Å²) in [7, 11) is 4.55. The molecule has 1 rings (SSSR count). The monoisotopic (exact) mass is 228 g/mol. The minimum Gasteiger partial charge on any atom is -0.465 e. The molecule has 0 saturated heterocycles. The zero-order chi connectivity index (χ0) is 12.1. The van der Waals surface area contributed by atoms with Gasteiger partial charge in [0.05, 0.1) is 13.7 Å². The molecule has 0 bridgehead atoms. The van der Waals surface area contributed by atoms with E-state index in [-0.39, 0.29) is 11.4 Å². The highest BCUT2D eigenvalue weighted by atomic mass is 16.5. The van der Waals surface area contributed by atoms with E-state index in [1.807, 2.05) is 0 Å². The van der Waals surface area contributed by atoms with Gasteiger partial charge in [-0.05, 0) is 0 Å². The van der Waals surface area contributed by atoms with Crippen molar-refractivity contribution < 1.29 is 14.3 Å². The van der Waals surface area contributed by atoms with Gasteiger partial charge in [-0.15, -0.1) is 0 Å². The lowest BCUT2D eigenvalue weighted by atomic mass is 10.3. The molecule has 0 radical (unpaired) electrons. The molecule has 7 nitrogen and oxygen atoms in total. The first kappa shape index (κ1) is 12.3. The van der Waals surface area contributed by atoms with E-state index < -0.39 is 5.97 Å². The van der Waals surface area contributed by atoms with Gasteiger partial charge < -0.3 is 20.5 Å². The lowest BCUT2D eigenvalue weighted by Crippen LogP contribution is -2.12. The van der Waals surface area contributed by atoms with Gasteiger partial charge in [0.25, 0.3) is 0 Å². The van der Waals surface area contributed by atoms with Gasteiger partial charge in [-0.2, -0.15) is 5.10 Å². The van der Waals surface area contributed by atoms with Crippen molar-refractivity contribution in [3.63, 3.8) is 0 Å². The van der Waals surface area contributed by atoms with E-state index in [1.165, 1.54) is 11.8 Å².